The predicted molar refractivity (Wildman–Crippen MR) is 97.7 cm³/mol. The van der Waals surface area contributed by atoms with E-state index in [1.54, 1.807) is 6.07 Å². The van der Waals surface area contributed by atoms with Crippen molar-refractivity contribution in [1.82, 2.24) is 4.90 Å². The molecule has 1 heterocycles. The van der Waals surface area contributed by atoms with Gasteiger partial charge in [0.25, 0.3) is 0 Å². The van der Waals surface area contributed by atoms with Crippen LogP contribution in [-0.2, 0) is 6.42 Å². The van der Waals surface area contributed by atoms with E-state index in [-0.39, 0.29) is 5.82 Å². The fourth-order valence-corrected chi connectivity index (χ4v) is 3.24. The Balaban J connectivity index is 1.64. The lowest BCUT2D eigenvalue weighted by atomic mass is 10.1. The Labute approximate surface area is 142 Å². The van der Waals surface area contributed by atoms with E-state index in [2.05, 4.69) is 41.0 Å². The highest BCUT2D eigenvalue weighted by Gasteiger charge is 2.21. The summed E-state index contributed by atoms with van der Waals surface area (Å²) in [7, 11) is 0. The van der Waals surface area contributed by atoms with Crippen LogP contribution < -0.4 is 4.90 Å². The molecule has 0 amide bonds. The number of nitrogens with zero attached hydrogens (tertiary/aromatic N) is 2. The molecule has 0 spiro atoms. The quantitative estimate of drug-likeness (QED) is 0.790. The number of hydrogen-bond acceptors (Lipinski definition) is 2. The number of para-hydroxylation sites is 1. The summed E-state index contributed by atoms with van der Waals surface area (Å²) in [6.45, 7) is 5.36. The van der Waals surface area contributed by atoms with Gasteiger partial charge in [0.2, 0.25) is 0 Å². The second kappa shape index (κ2) is 7.09. The highest BCUT2D eigenvalue weighted by atomic mass is 32.1. The molecular formula is C19H21FN2S. The monoisotopic (exact) mass is 328 g/mol. The normalized spacial score (nSPS) is 14.9. The summed E-state index contributed by atoms with van der Waals surface area (Å²) >= 11 is 5.63. The van der Waals surface area contributed by atoms with Gasteiger partial charge < -0.3 is 9.80 Å². The van der Waals surface area contributed by atoms with Gasteiger partial charge >= 0.3 is 0 Å². The zero-order valence-electron chi connectivity index (χ0n) is 13.3. The van der Waals surface area contributed by atoms with Crippen LogP contribution in [0.5, 0.6) is 0 Å². The van der Waals surface area contributed by atoms with Gasteiger partial charge in [-0.15, -0.1) is 0 Å². The first-order chi connectivity index (χ1) is 11.2. The van der Waals surface area contributed by atoms with Crippen molar-refractivity contribution >= 4 is 22.9 Å². The van der Waals surface area contributed by atoms with Gasteiger partial charge in [-0.25, -0.2) is 4.39 Å². The van der Waals surface area contributed by atoms with E-state index >= 15 is 0 Å². The molecule has 0 atom stereocenters. The lowest BCUT2D eigenvalue weighted by molar-refractivity contribution is 0.390. The van der Waals surface area contributed by atoms with Gasteiger partial charge in [-0.3, -0.25) is 0 Å². The summed E-state index contributed by atoms with van der Waals surface area (Å²) in [4.78, 5) is 5.20. The number of benzene rings is 2. The fraction of sp³-hybridized carbons (Fsp3) is 0.316. The standard InChI is InChI=1S/C19H21FN2S/c1-2-15-7-9-16(10-8-15)19(23)22-13-11-21(12-14-22)18-6-4-3-5-17(18)20/h3-10H,2,11-14H2,1H3. The average molecular weight is 328 g/mol. The highest BCUT2D eigenvalue weighted by Crippen LogP contribution is 2.21. The molecule has 2 nitrogen and oxygen atoms in total. The Bertz CT molecular complexity index is 676. The van der Waals surface area contributed by atoms with Crippen molar-refractivity contribution in [2.75, 3.05) is 31.1 Å². The van der Waals surface area contributed by atoms with E-state index in [4.69, 9.17) is 12.2 Å². The molecule has 0 saturated carbocycles. The van der Waals surface area contributed by atoms with Crippen molar-refractivity contribution in [3.8, 4) is 0 Å². The number of aryl methyl sites for hydroxylation is 1. The maximum Gasteiger partial charge on any atom is 0.146 e. The third kappa shape index (κ3) is 3.53. The summed E-state index contributed by atoms with van der Waals surface area (Å²) in [5, 5.41) is 0. The van der Waals surface area contributed by atoms with Crippen LogP contribution in [0, 0.1) is 5.82 Å². The van der Waals surface area contributed by atoms with Gasteiger partial charge in [0.05, 0.1) is 5.69 Å². The molecule has 3 rings (SSSR count). The van der Waals surface area contributed by atoms with Crippen molar-refractivity contribution in [2.24, 2.45) is 0 Å². The van der Waals surface area contributed by atoms with Crippen molar-refractivity contribution in [2.45, 2.75) is 13.3 Å². The number of anilines is 1. The zero-order valence-corrected chi connectivity index (χ0v) is 14.2. The number of piperazine rings is 1. The summed E-state index contributed by atoms with van der Waals surface area (Å²) in [5.41, 5.74) is 3.10. The number of halogens is 1. The third-order valence-electron chi connectivity index (χ3n) is 4.37. The second-order valence-corrected chi connectivity index (χ2v) is 6.17. The molecular weight excluding hydrogens is 307 g/mol. The molecule has 0 radical (unpaired) electrons. The van der Waals surface area contributed by atoms with Crippen LogP contribution in [0.1, 0.15) is 18.1 Å². The number of rotatable bonds is 3. The molecule has 0 N–H and O–H groups in total. The topological polar surface area (TPSA) is 6.48 Å². The molecule has 23 heavy (non-hydrogen) atoms. The van der Waals surface area contributed by atoms with E-state index in [0.717, 1.165) is 43.2 Å². The molecule has 120 valence electrons. The second-order valence-electron chi connectivity index (χ2n) is 5.78. The smallest absolute Gasteiger partial charge is 0.146 e. The summed E-state index contributed by atoms with van der Waals surface area (Å²) in [6.07, 6.45) is 1.04. The van der Waals surface area contributed by atoms with Gasteiger partial charge in [-0.2, -0.15) is 0 Å². The van der Waals surface area contributed by atoms with Crippen LogP contribution in [0.4, 0.5) is 10.1 Å². The lowest BCUT2D eigenvalue weighted by Crippen LogP contribution is -2.48. The van der Waals surface area contributed by atoms with Gasteiger partial charge in [-0.05, 0) is 24.1 Å². The summed E-state index contributed by atoms with van der Waals surface area (Å²) < 4.78 is 13.9. The Morgan fingerprint density at radius 2 is 1.65 bits per heavy atom. The molecule has 2 aromatic rings. The largest absolute Gasteiger partial charge is 0.366 e. The van der Waals surface area contributed by atoms with Crippen LogP contribution in [0.3, 0.4) is 0 Å². The van der Waals surface area contributed by atoms with E-state index in [0.29, 0.717) is 5.69 Å². The summed E-state index contributed by atoms with van der Waals surface area (Å²) in [6, 6.07) is 15.4. The van der Waals surface area contributed by atoms with Crippen LogP contribution >= 0.6 is 12.2 Å². The van der Waals surface area contributed by atoms with Crippen molar-refractivity contribution in [3.05, 3.63) is 65.5 Å². The van der Waals surface area contributed by atoms with E-state index in [9.17, 15) is 4.39 Å². The van der Waals surface area contributed by atoms with Gasteiger partial charge in [0.15, 0.2) is 0 Å². The first-order valence-electron chi connectivity index (χ1n) is 8.06. The van der Waals surface area contributed by atoms with Crippen LogP contribution in [-0.4, -0.2) is 36.1 Å². The molecule has 1 aliphatic heterocycles. The van der Waals surface area contributed by atoms with Gasteiger partial charge in [0, 0.05) is 31.7 Å². The molecule has 0 aromatic heterocycles. The van der Waals surface area contributed by atoms with E-state index in [1.165, 1.54) is 11.6 Å². The Kier molecular flexibility index (Phi) is 4.91. The van der Waals surface area contributed by atoms with Gasteiger partial charge in [-0.1, -0.05) is 55.5 Å². The number of hydrogen-bond donors (Lipinski definition) is 0. The maximum absolute atomic E-state index is 13.9. The molecule has 2 aromatic carbocycles. The minimum absolute atomic E-state index is 0.154. The lowest BCUT2D eigenvalue weighted by Gasteiger charge is -2.37. The van der Waals surface area contributed by atoms with E-state index in [1.807, 2.05) is 12.1 Å². The Morgan fingerprint density at radius 3 is 2.26 bits per heavy atom. The maximum atomic E-state index is 13.9. The molecule has 0 bridgehead atoms. The molecule has 1 aliphatic rings. The van der Waals surface area contributed by atoms with Crippen molar-refractivity contribution < 1.29 is 4.39 Å². The fourth-order valence-electron chi connectivity index (χ4n) is 2.92. The molecule has 1 saturated heterocycles. The van der Waals surface area contributed by atoms with Crippen LogP contribution in [0.2, 0.25) is 0 Å². The average Bonchev–Trinajstić information content (AvgIpc) is 2.62. The predicted octanol–water partition coefficient (Wildman–Crippen LogP) is 3.89. The first kappa shape index (κ1) is 15.9. The third-order valence-corrected chi connectivity index (χ3v) is 4.86. The number of thiocarbonyl (C=S) groups is 1. The molecule has 0 aliphatic carbocycles. The van der Waals surface area contributed by atoms with E-state index < -0.39 is 0 Å². The van der Waals surface area contributed by atoms with Crippen molar-refractivity contribution in [1.29, 1.82) is 0 Å². The molecule has 0 unspecified atom stereocenters. The molecule has 4 heteroatoms. The minimum Gasteiger partial charge on any atom is -0.366 e. The van der Waals surface area contributed by atoms with Gasteiger partial charge in [0.1, 0.15) is 10.8 Å². The minimum atomic E-state index is -0.154. The van der Waals surface area contributed by atoms with Crippen molar-refractivity contribution in [3.63, 3.8) is 0 Å². The molecule has 1 fully saturated rings. The Hall–Kier alpha value is -1.94. The Morgan fingerprint density at radius 1 is 1.00 bits per heavy atom. The SMILES string of the molecule is CCc1ccc(C(=S)N2CCN(c3ccccc3F)CC2)cc1. The highest BCUT2D eigenvalue weighted by molar-refractivity contribution is 7.80. The summed E-state index contributed by atoms with van der Waals surface area (Å²) in [5.74, 6) is -0.154. The zero-order chi connectivity index (χ0) is 16.2. The van der Waals surface area contributed by atoms with Crippen LogP contribution in [0.15, 0.2) is 48.5 Å². The van der Waals surface area contributed by atoms with Crippen LogP contribution in [0.25, 0.3) is 0 Å². The first-order valence-corrected chi connectivity index (χ1v) is 8.47.